The van der Waals surface area contributed by atoms with Crippen molar-refractivity contribution in [2.75, 3.05) is 6.54 Å². The van der Waals surface area contributed by atoms with Crippen LogP contribution in [0.25, 0.3) is 0 Å². The molecule has 1 atom stereocenters. The van der Waals surface area contributed by atoms with Crippen LogP contribution >= 0.6 is 11.6 Å². The van der Waals surface area contributed by atoms with Gasteiger partial charge < -0.3 is 11.1 Å². The molecule has 3 nitrogen and oxygen atoms in total. The lowest BCUT2D eigenvalue weighted by molar-refractivity contribution is 0.0950. The number of carbonyl (C=O) groups excluding carboxylic acids is 1. The third-order valence-corrected chi connectivity index (χ3v) is 2.63. The van der Waals surface area contributed by atoms with Gasteiger partial charge in [0, 0.05) is 12.6 Å². The number of nitrogens with two attached hydrogens (primary N) is 1. The Morgan fingerprint density at radius 1 is 1.62 bits per heavy atom. The largest absolute Gasteiger partial charge is 0.350 e. The minimum absolute atomic E-state index is 0.101. The van der Waals surface area contributed by atoms with E-state index in [0.717, 1.165) is 6.42 Å². The lowest BCUT2D eigenvalue weighted by atomic mass is 10.2. The highest BCUT2D eigenvalue weighted by atomic mass is 35.5. The van der Waals surface area contributed by atoms with E-state index in [1.807, 2.05) is 6.92 Å². The zero-order valence-electron chi connectivity index (χ0n) is 8.97. The average molecular weight is 245 g/mol. The topological polar surface area (TPSA) is 55.1 Å². The molecule has 0 aliphatic heterocycles. The van der Waals surface area contributed by atoms with Crippen LogP contribution in [0, 0.1) is 5.82 Å². The molecule has 5 heteroatoms. The van der Waals surface area contributed by atoms with Crippen molar-refractivity contribution >= 4 is 17.5 Å². The summed E-state index contributed by atoms with van der Waals surface area (Å²) in [5, 5.41) is 2.44. The number of halogens is 2. The van der Waals surface area contributed by atoms with E-state index in [-0.39, 0.29) is 16.6 Å². The van der Waals surface area contributed by atoms with Crippen molar-refractivity contribution in [3.63, 3.8) is 0 Å². The normalized spacial score (nSPS) is 12.2. The fraction of sp³-hybridized carbons (Fsp3) is 0.364. The number of hydrogen-bond acceptors (Lipinski definition) is 2. The van der Waals surface area contributed by atoms with Crippen molar-refractivity contribution in [1.29, 1.82) is 0 Å². The van der Waals surface area contributed by atoms with Crippen LogP contribution in [0.1, 0.15) is 23.7 Å². The Balaban J connectivity index is 2.70. The molecule has 0 aliphatic carbocycles. The number of hydrogen-bond donors (Lipinski definition) is 2. The van der Waals surface area contributed by atoms with Crippen LogP contribution in [0.4, 0.5) is 4.39 Å². The van der Waals surface area contributed by atoms with E-state index in [0.29, 0.717) is 6.54 Å². The maximum Gasteiger partial charge on any atom is 0.252 e. The predicted molar refractivity (Wildman–Crippen MR) is 62.0 cm³/mol. The first-order valence-electron chi connectivity index (χ1n) is 5.04. The first kappa shape index (κ1) is 12.9. The van der Waals surface area contributed by atoms with Crippen LogP contribution in [0.5, 0.6) is 0 Å². The monoisotopic (exact) mass is 244 g/mol. The lowest BCUT2D eigenvalue weighted by Crippen LogP contribution is -2.36. The molecule has 0 heterocycles. The van der Waals surface area contributed by atoms with Gasteiger partial charge in [0.25, 0.3) is 5.91 Å². The van der Waals surface area contributed by atoms with Gasteiger partial charge in [0.15, 0.2) is 0 Å². The van der Waals surface area contributed by atoms with E-state index in [9.17, 15) is 9.18 Å². The van der Waals surface area contributed by atoms with E-state index in [2.05, 4.69) is 5.32 Å². The van der Waals surface area contributed by atoms with Crippen LogP contribution in [0.2, 0.25) is 5.02 Å². The van der Waals surface area contributed by atoms with Gasteiger partial charge >= 0.3 is 0 Å². The number of nitrogens with one attached hydrogen (secondary N) is 1. The second-order valence-electron chi connectivity index (χ2n) is 3.48. The predicted octanol–water partition coefficient (Wildman–Crippen LogP) is 1.95. The molecule has 1 amide bonds. The average Bonchev–Trinajstić information content (AvgIpc) is 2.29. The molecule has 16 heavy (non-hydrogen) atoms. The summed E-state index contributed by atoms with van der Waals surface area (Å²) < 4.78 is 13.1. The fourth-order valence-corrected chi connectivity index (χ4v) is 1.35. The highest BCUT2D eigenvalue weighted by Gasteiger charge is 2.13. The van der Waals surface area contributed by atoms with Gasteiger partial charge in [-0.15, -0.1) is 0 Å². The molecule has 0 radical (unpaired) electrons. The second-order valence-corrected chi connectivity index (χ2v) is 3.86. The van der Waals surface area contributed by atoms with Gasteiger partial charge in [0.1, 0.15) is 5.82 Å². The van der Waals surface area contributed by atoms with E-state index in [1.54, 1.807) is 0 Å². The minimum Gasteiger partial charge on any atom is -0.350 e. The summed E-state index contributed by atoms with van der Waals surface area (Å²) in [5.41, 5.74) is 5.78. The molecule has 0 aliphatic rings. The summed E-state index contributed by atoms with van der Waals surface area (Å²) >= 11 is 5.67. The smallest absolute Gasteiger partial charge is 0.252 e. The van der Waals surface area contributed by atoms with Gasteiger partial charge in [-0.3, -0.25) is 4.79 Å². The van der Waals surface area contributed by atoms with Crippen molar-refractivity contribution in [2.24, 2.45) is 5.73 Å². The molecule has 0 spiro atoms. The summed E-state index contributed by atoms with van der Waals surface area (Å²) in [5.74, 6) is -1.01. The fourth-order valence-electron chi connectivity index (χ4n) is 1.14. The number of benzene rings is 1. The molecule has 0 aromatic heterocycles. The highest BCUT2D eigenvalue weighted by molar-refractivity contribution is 6.34. The molecule has 1 aromatic rings. The quantitative estimate of drug-likeness (QED) is 0.851. The van der Waals surface area contributed by atoms with E-state index in [1.165, 1.54) is 18.2 Å². The first-order valence-corrected chi connectivity index (χ1v) is 5.41. The Morgan fingerprint density at radius 3 is 2.94 bits per heavy atom. The molecular formula is C11H14ClFN2O. The van der Waals surface area contributed by atoms with Gasteiger partial charge in [0.2, 0.25) is 0 Å². The second kappa shape index (κ2) is 5.82. The van der Waals surface area contributed by atoms with Crippen LogP contribution < -0.4 is 11.1 Å². The molecule has 0 fully saturated rings. The molecule has 1 rings (SSSR count). The molecule has 0 bridgehead atoms. The molecule has 3 N–H and O–H groups in total. The number of rotatable bonds is 4. The molecule has 1 aromatic carbocycles. The number of carbonyl (C=O) groups is 1. The summed E-state index contributed by atoms with van der Waals surface area (Å²) in [4.78, 5) is 11.6. The molecule has 0 saturated carbocycles. The van der Waals surface area contributed by atoms with Gasteiger partial charge in [-0.25, -0.2) is 4.39 Å². The van der Waals surface area contributed by atoms with Gasteiger partial charge in [-0.05, 0) is 18.6 Å². The van der Waals surface area contributed by atoms with Crippen molar-refractivity contribution in [2.45, 2.75) is 19.4 Å². The van der Waals surface area contributed by atoms with E-state index >= 15 is 0 Å². The Bertz CT molecular complexity index is 384. The molecular weight excluding hydrogens is 231 g/mol. The Labute approximate surface area is 98.8 Å². The van der Waals surface area contributed by atoms with Gasteiger partial charge in [-0.2, -0.15) is 0 Å². The highest BCUT2D eigenvalue weighted by Crippen LogP contribution is 2.19. The van der Waals surface area contributed by atoms with Gasteiger partial charge in [-0.1, -0.05) is 24.6 Å². The minimum atomic E-state index is -0.603. The van der Waals surface area contributed by atoms with E-state index < -0.39 is 11.7 Å². The lowest BCUT2D eigenvalue weighted by Gasteiger charge is -2.11. The van der Waals surface area contributed by atoms with Gasteiger partial charge in [0.05, 0.1) is 10.6 Å². The summed E-state index contributed by atoms with van der Waals surface area (Å²) in [6, 6.07) is 4.02. The Kier molecular flexibility index (Phi) is 4.71. The third-order valence-electron chi connectivity index (χ3n) is 2.25. The summed E-state index contributed by atoms with van der Waals surface area (Å²) in [6.07, 6.45) is 0.761. The van der Waals surface area contributed by atoms with Crippen molar-refractivity contribution in [1.82, 2.24) is 5.32 Å². The molecule has 0 saturated heterocycles. The van der Waals surface area contributed by atoms with Crippen molar-refractivity contribution < 1.29 is 9.18 Å². The van der Waals surface area contributed by atoms with E-state index in [4.69, 9.17) is 17.3 Å². The zero-order valence-corrected chi connectivity index (χ0v) is 9.72. The SMILES string of the molecule is CCC(N)CNC(=O)c1cccc(F)c1Cl. The molecule has 1 unspecified atom stereocenters. The van der Waals surface area contributed by atoms with Crippen molar-refractivity contribution in [3.05, 3.63) is 34.6 Å². The standard InChI is InChI=1S/C11H14ClFN2O/c1-2-7(14)6-15-11(16)8-4-3-5-9(13)10(8)12/h3-5,7H,2,6,14H2,1H3,(H,15,16). The third kappa shape index (κ3) is 3.18. The van der Waals surface area contributed by atoms with Crippen LogP contribution in [-0.4, -0.2) is 18.5 Å². The Morgan fingerprint density at radius 2 is 2.31 bits per heavy atom. The maximum atomic E-state index is 13.1. The van der Waals surface area contributed by atoms with Crippen molar-refractivity contribution in [3.8, 4) is 0 Å². The summed E-state index contributed by atoms with van der Waals surface area (Å²) in [6.45, 7) is 2.27. The van der Waals surface area contributed by atoms with Crippen LogP contribution in [0.3, 0.4) is 0 Å². The zero-order chi connectivity index (χ0) is 12.1. The van der Waals surface area contributed by atoms with Crippen LogP contribution in [0.15, 0.2) is 18.2 Å². The summed E-state index contributed by atoms with van der Waals surface area (Å²) in [7, 11) is 0. The maximum absolute atomic E-state index is 13.1. The number of amides is 1. The Hall–Kier alpha value is -1.13. The van der Waals surface area contributed by atoms with Crippen LogP contribution in [-0.2, 0) is 0 Å². The first-order chi connectivity index (χ1) is 7.56. The molecule has 88 valence electrons.